The lowest BCUT2D eigenvalue weighted by Crippen LogP contribution is -2.43. The zero-order valence-electron chi connectivity index (χ0n) is 14.7. The number of carbonyl (C=O) groups excluding carboxylic acids is 1. The maximum absolute atomic E-state index is 12.3. The predicted octanol–water partition coefficient (Wildman–Crippen LogP) is 0.721. The number of amides is 1. The summed E-state index contributed by atoms with van der Waals surface area (Å²) in [6, 6.07) is 4.62. The molecule has 10 heteroatoms. The van der Waals surface area contributed by atoms with E-state index in [2.05, 4.69) is 10.0 Å². The van der Waals surface area contributed by atoms with Gasteiger partial charge < -0.3 is 10.2 Å². The maximum Gasteiger partial charge on any atom is 0.269 e. The summed E-state index contributed by atoms with van der Waals surface area (Å²) in [5, 5.41) is 13.7. The third-order valence-corrected chi connectivity index (χ3v) is 5.83. The highest BCUT2D eigenvalue weighted by atomic mass is 32.2. The first-order chi connectivity index (χ1) is 12.3. The Morgan fingerprint density at radius 3 is 2.65 bits per heavy atom. The Morgan fingerprint density at radius 2 is 2.04 bits per heavy atom. The first-order valence-corrected chi connectivity index (χ1v) is 9.98. The van der Waals surface area contributed by atoms with E-state index in [0.717, 1.165) is 31.5 Å². The van der Waals surface area contributed by atoms with Gasteiger partial charge in [-0.05, 0) is 44.5 Å². The molecule has 0 aromatic heterocycles. The Hall–Kier alpha value is -2.04. The van der Waals surface area contributed by atoms with Gasteiger partial charge in [0, 0.05) is 38.2 Å². The topological polar surface area (TPSA) is 122 Å². The third-order valence-electron chi connectivity index (χ3n) is 4.35. The number of carbonyl (C=O) groups is 1. The Balaban J connectivity index is 1.85. The van der Waals surface area contributed by atoms with Crippen molar-refractivity contribution in [3.63, 3.8) is 0 Å². The number of piperidine rings is 1. The summed E-state index contributed by atoms with van der Waals surface area (Å²) in [5.41, 5.74) is -0.180. The maximum atomic E-state index is 12.3. The molecular weight excluding hydrogens is 360 g/mol. The van der Waals surface area contributed by atoms with E-state index in [9.17, 15) is 23.3 Å². The zero-order valence-corrected chi connectivity index (χ0v) is 15.5. The molecule has 1 aromatic carbocycles. The molecule has 1 aliphatic heterocycles. The summed E-state index contributed by atoms with van der Waals surface area (Å²) in [4.78, 5) is 24.0. The molecule has 0 spiro atoms. The number of non-ortho nitro benzene ring substituents is 1. The molecule has 26 heavy (non-hydrogen) atoms. The molecule has 1 aliphatic rings. The predicted molar refractivity (Wildman–Crippen MR) is 96.1 cm³/mol. The van der Waals surface area contributed by atoms with E-state index in [1.54, 1.807) is 4.90 Å². The standard InChI is InChI=1S/C16H24N4O5S/c1-17-11-13-3-2-10-19(12-13)16(21)8-9-18-26(24,25)15-6-4-14(5-7-15)20(22)23/h4-7,13,17-18H,2-3,8-12H2,1H3. The number of hydrogen-bond donors (Lipinski definition) is 2. The van der Waals surface area contributed by atoms with Gasteiger partial charge in [-0.15, -0.1) is 0 Å². The van der Waals surface area contributed by atoms with Crippen LogP contribution in [0.1, 0.15) is 19.3 Å². The van der Waals surface area contributed by atoms with Gasteiger partial charge in [0.15, 0.2) is 0 Å². The smallest absolute Gasteiger partial charge is 0.269 e. The van der Waals surface area contributed by atoms with Gasteiger partial charge >= 0.3 is 0 Å². The summed E-state index contributed by atoms with van der Waals surface area (Å²) >= 11 is 0. The SMILES string of the molecule is CNCC1CCCN(C(=O)CCNS(=O)(=O)c2ccc([N+](=O)[O-])cc2)C1. The van der Waals surface area contributed by atoms with Crippen molar-refractivity contribution < 1.29 is 18.1 Å². The van der Waals surface area contributed by atoms with Crippen molar-refractivity contribution in [1.82, 2.24) is 14.9 Å². The summed E-state index contributed by atoms with van der Waals surface area (Å²) in [7, 11) is -1.92. The van der Waals surface area contributed by atoms with Crippen LogP contribution >= 0.6 is 0 Å². The number of nitro benzene ring substituents is 1. The Morgan fingerprint density at radius 1 is 1.35 bits per heavy atom. The zero-order chi connectivity index (χ0) is 19.2. The van der Waals surface area contributed by atoms with Gasteiger partial charge in [0.25, 0.3) is 5.69 Å². The average molecular weight is 384 g/mol. The van der Waals surface area contributed by atoms with Crippen molar-refractivity contribution >= 4 is 21.6 Å². The van der Waals surface area contributed by atoms with Gasteiger partial charge in [0.05, 0.1) is 9.82 Å². The highest BCUT2D eigenvalue weighted by Crippen LogP contribution is 2.17. The summed E-state index contributed by atoms with van der Waals surface area (Å²) < 4.78 is 26.8. The first-order valence-electron chi connectivity index (χ1n) is 8.50. The molecule has 1 atom stereocenters. The van der Waals surface area contributed by atoms with Crippen molar-refractivity contribution in [3.05, 3.63) is 34.4 Å². The van der Waals surface area contributed by atoms with Crippen LogP contribution in [0.15, 0.2) is 29.2 Å². The minimum atomic E-state index is -3.80. The van der Waals surface area contributed by atoms with E-state index in [4.69, 9.17) is 0 Å². The van der Waals surface area contributed by atoms with Gasteiger partial charge in [-0.25, -0.2) is 13.1 Å². The highest BCUT2D eigenvalue weighted by Gasteiger charge is 2.23. The van der Waals surface area contributed by atoms with Crippen LogP contribution in [0, 0.1) is 16.0 Å². The number of benzene rings is 1. The molecule has 2 N–H and O–H groups in total. The summed E-state index contributed by atoms with van der Waals surface area (Å²) in [6.07, 6.45) is 2.11. The number of nitro groups is 1. The van der Waals surface area contributed by atoms with E-state index < -0.39 is 14.9 Å². The fourth-order valence-electron chi connectivity index (χ4n) is 3.03. The lowest BCUT2D eigenvalue weighted by Gasteiger charge is -2.32. The van der Waals surface area contributed by atoms with Crippen LogP contribution in [0.3, 0.4) is 0 Å². The number of nitrogens with zero attached hydrogens (tertiary/aromatic N) is 2. The largest absolute Gasteiger partial charge is 0.342 e. The van der Waals surface area contributed by atoms with Crippen molar-refractivity contribution in [3.8, 4) is 0 Å². The summed E-state index contributed by atoms with van der Waals surface area (Å²) in [6.45, 7) is 2.24. The minimum Gasteiger partial charge on any atom is -0.342 e. The molecule has 0 saturated carbocycles. The number of likely N-dealkylation sites (tertiary alicyclic amines) is 1. The molecule has 144 valence electrons. The van der Waals surface area contributed by atoms with Gasteiger partial charge in [-0.3, -0.25) is 14.9 Å². The van der Waals surface area contributed by atoms with Crippen LogP contribution in [0.4, 0.5) is 5.69 Å². The van der Waals surface area contributed by atoms with Gasteiger partial charge in [-0.2, -0.15) is 0 Å². The minimum absolute atomic E-state index is 0.00858. The van der Waals surface area contributed by atoms with Gasteiger partial charge in [0.2, 0.25) is 15.9 Å². The van der Waals surface area contributed by atoms with Crippen LogP contribution in [-0.4, -0.2) is 57.4 Å². The number of hydrogen-bond acceptors (Lipinski definition) is 6. The quantitative estimate of drug-likeness (QED) is 0.503. The second-order valence-electron chi connectivity index (χ2n) is 6.30. The molecule has 1 fully saturated rings. The Labute approximate surface area is 153 Å². The van der Waals surface area contributed by atoms with Crippen LogP contribution < -0.4 is 10.0 Å². The lowest BCUT2D eigenvalue weighted by atomic mass is 9.98. The molecule has 0 bridgehead atoms. The molecule has 1 aromatic rings. The van der Waals surface area contributed by atoms with Crippen LogP contribution in [0.2, 0.25) is 0 Å². The molecule has 0 radical (unpaired) electrons. The lowest BCUT2D eigenvalue weighted by molar-refractivity contribution is -0.384. The molecule has 1 amide bonds. The normalized spacial score (nSPS) is 17.9. The Bertz CT molecular complexity index is 734. The monoisotopic (exact) mass is 384 g/mol. The fourth-order valence-corrected chi connectivity index (χ4v) is 4.06. The van der Waals surface area contributed by atoms with Crippen molar-refractivity contribution in [1.29, 1.82) is 0 Å². The molecule has 1 saturated heterocycles. The van der Waals surface area contributed by atoms with Gasteiger partial charge in [0.1, 0.15) is 0 Å². The van der Waals surface area contributed by atoms with E-state index in [1.807, 2.05) is 7.05 Å². The van der Waals surface area contributed by atoms with Crippen molar-refractivity contribution in [2.24, 2.45) is 5.92 Å². The average Bonchev–Trinajstić information content (AvgIpc) is 2.62. The van der Waals surface area contributed by atoms with Crippen LogP contribution in [-0.2, 0) is 14.8 Å². The van der Waals surface area contributed by atoms with Crippen LogP contribution in [0.5, 0.6) is 0 Å². The fraction of sp³-hybridized carbons (Fsp3) is 0.562. The highest BCUT2D eigenvalue weighted by molar-refractivity contribution is 7.89. The number of sulfonamides is 1. The van der Waals surface area contributed by atoms with E-state index in [0.29, 0.717) is 19.0 Å². The third kappa shape index (κ3) is 5.48. The van der Waals surface area contributed by atoms with E-state index in [1.165, 1.54) is 12.1 Å². The molecule has 9 nitrogen and oxygen atoms in total. The second-order valence-corrected chi connectivity index (χ2v) is 8.07. The van der Waals surface area contributed by atoms with Gasteiger partial charge in [-0.1, -0.05) is 0 Å². The van der Waals surface area contributed by atoms with Crippen molar-refractivity contribution in [2.45, 2.75) is 24.2 Å². The molecule has 1 heterocycles. The van der Waals surface area contributed by atoms with Crippen LogP contribution in [0.25, 0.3) is 0 Å². The molecular formula is C16H24N4O5S. The first kappa shape index (κ1) is 20.3. The number of rotatable bonds is 8. The molecule has 1 unspecified atom stereocenters. The van der Waals surface area contributed by atoms with Crippen molar-refractivity contribution in [2.75, 3.05) is 33.2 Å². The molecule has 2 rings (SSSR count). The van der Waals surface area contributed by atoms with E-state index >= 15 is 0 Å². The number of nitrogens with one attached hydrogen (secondary N) is 2. The Kier molecular flexibility index (Phi) is 7.06. The second kappa shape index (κ2) is 9.06. The summed E-state index contributed by atoms with van der Waals surface area (Å²) in [5.74, 6) is 0.353. The molecule has 0 aliphatic carbocycles. The van der Waals surface area contributed by atoms with E-state index in [-0.39, 0.29) is 29.5 Å².